The third-order valence-corrected chi connectivity index (χ3v) is 3.90. The number of nitrogens with zero attached hydrogens (tertiary/aromatic N) is 4. The van der Waals surface area contributed by atoms with Crippen molar-refractivity contribution in [3.05, 3.63) is 0 Å². The van der Waals surface area contributed by atoms with Crippen LogP contribution >= 0.6 is 11.8 Å². The lowest BCUT2D eigenvalue weighted by molar-refractivity contribution is -0.133. The van der Waals surface area contributed by atoms with Crippen molar-refractivity contribution in [2.45, 2.75) is 43.9 Å². The van der Waals surface area contributed by atoms with Crippen molar-refractivity contribution < 1.29 is 9.90 Å². The predicted octanol–water partition coefficient (Wildman–Crippen LogP) is 1.63. The van der Waals surface area contributed by atoms with Gasteiger partial charge in [-0.25, -0.2) is 0 Å². The maximum atomic E-state index is 10.6. The van der Waals surface area contributed by atoms with E-state index in [9.17, 15) is 4.79 Å². The summed E-state index contributed by atoms with van der Waals surface area (Å²) in [5, 5.41) is 17.8. The van der Waals surface area contributed by atoms with Gasteiger partial charge in [0.05, 0.1) is 5.75 Å². The number of aromatic nitrogens is 3. The number of hydrogen-bond acceptors (Lipinski definition) is 5. The van der Waals surface area contributed by atoms with Gasteiger partial charge in [-0.15, -0.1) is 10.2 Å². The first-order valence-electron chi connectivity index (χ1n) is 6.03. The van der Waals surface area contributed by atoms with Crippen molar-refractivity contribution in [2.24, 2.45) is 0 Å². The number of rotatable bonds is 6. The van der Waals surface area contributed by atoms with Gasteiger partial charge in [-0.05, 0) is 26.7 Å². The number of carbonyl (C=O) groups is 1. The van der Waals surface area contributed by atoms with Crippen LogP contribution in [-0.4, -0.2) is 44.7 Å². The van der Waals surface area contributed by atoms with Gasteiger partial charge < -0.3 is 10.0 Å². The molecule has 1 heterocycles. The topological polar surface area (TPSA) is 71.2 Å². The fourth-order valence-electron chi connectivity index (χ4n) is 1.62. The highest BCUT2D eigenvalue weighted by atomic mass is 32.2. The maximum Gasteiger partial charge on any atom is 0.313 e. The van der Waals surface area contributed by atoms with Crippen molar-refractivity contribution in [1.82, 2.24) is 14.8 Å². The zero-order valence-corrected chi connectivity index (χ0v) is 11.6. The van der Waals surface area contributed by atoms with E-state index in [1.807, 2.05) is 7.05 Å². The zero-order valence-electron chi connectivity index (χ0n) is 10.8. The Hall–Kier alpha value is -1.24. The summed E-state index contributed by atoms with van der Waals surface area (Å²) < 4.78 is 2.08. The molecule has 6 nitrogen and oxygen atoms in total. The molecule has 0 unspecified atom stereocenters. The third kappa shape index (κ3) is 2.77. The molecule has 0 spiro atoms. The minimum atomic E-state index is -0.830. The monoisotopic (exact) mass is 270 g/mol. The summed E-state index contributed by atoms with van der Waals surface area (Å²) in [6.07, 6.45) is 2.25. The van der Waals surface area contributed by atoms with Gasteiger partial charge in [0.15, 0.2) is 5.16 Å². The van der Waals surface area contributed by atoms with E-state index in [1.54, 1.807) is 0 Å². The van der Waals surface area contributed by atoms with Crippen LogP contribution in [0.2, 0.25) is 0 Å². The molecule has 1 saturated carbocycles. The van der Waals surface area contributed by atoms with Crippen molar-refractivity contribution in [1.29, 1.82) is 0 Å². The Morgan fingerprint density at radius 3 is 2.72 bits per heavy atom. The fourth-order valence-corrected chi connectivity index (χ4v) is 2.34. The SMILES string of the molecule is CC(C)N(C)c1nnc(SCC(=O)O)n1C1CC1. The Kier molecular flexibility index (Phi) is 3.79. The molecule has 18 heavy (non-hydrogen) atoms. The van der Waals surface area contributed by atoms with Crippen molar-refractivity contribution in [3.63, 3.8) is 0 Å². The first-order valence-corrected chi connectivity index (χ1v) is 7.01. The Bertz CT molecular complexity index is 442. The lowest BCUT2D eigenvalue weighted by Gasteiger charge is -2.23. The molecule has 1 aromatic heterocycles. The summed E-state index contributed by atoms with van der Waals surface area (Å²) in [4.78, 5) is 12.7. The van der Waals surface area contributed by atoms with Crippen LogP contribution in [-0.2, 0) is 4.79 Å². The highest BCUT2D eigenvalue weighted by Crippen LogP contribution is 2.40. The van der Waals surface area contributed by atoms with Crippen LogP contribution in [0.15, 0.2) is 5.16 Å². The van der Waals surface area contributed by atoms with E-state index in [-0.39, 0.29) is 5.75 Å². The second-order valence-electron chi connectivity index (χ2n) is 4.77. The molecule has 100 valence electrons. The van der Waals surface area contributed by atoms with Gasteiger partial charge in [0, 0.05) is 19.1 Å². The van der Waals surface area contributed by atoms with E-state index in [1.165, 1.54) is 11.8 Å². The van der Waals surface area contributed by atoms with Crippen LogP contribution in [0.5, 0.6) is 0 Å². The molecule has 1 aromatic rings. The van der Waals surface area contributed by atoms with Gasteiger partial charge in [-0.3, -0.25) is 9.36 Å². The van der Waals surface area contributed by atoms with Gasteiger partial charge >= 0.3 is 5.97 Å². The summed E-state index contributed by atoms with van der Waals surface area (Å²) in [6, 6.07) is 0.775. The molecular formula is C11H18N4O2S. The number of carboxylic acid groups (broad SMARTS) is 1. The molecule has 0 aliphatic heterocycles. The van der Waals surface area contributed by atoms with Gasteiger partial charge in [0.2, 0.25) is 5.95 Å². The van der Waals surface area contributed by atoms with Crippen LogP contribution < -0.4 is 4.90 Å². The third-order valence-electron chi connectivity index (χ3n) is 2.97. The molecule has 1 fully saturated rings. The van der Waals surface area contributed by atoms with Crippen molar-refractivity contribution >= 4 is 23.7 Å². The minimum absolute atomic E-state index is 0.0241. The smallest absolute Gasteiger partial charge is 0.313 e. The van der Waals surface area contributed by atoms with E-state index in [4.69, 9.17) is 5.11 Å². The molecule has 7 heteroatoms. The van der Waals surface area contributed by atoms with E-state index in [0.717, 1.165) is 18.8 Å². The highest BCUT2D eigenvalue weighted by Gasteiger charge is 2.31. The van der Waals surface area contributed by atoms with Crippen molar-refractivity contribution in [3.8, 4) is 0 Å². The molecule has 0 radical (unpaired) electrons. The number of carboxylic acids is 1. The average molecular weight is 270 g/mol. The Labute approximate surface area is 110 Å². The molecule has 1 aliphatic rings. The molecule has 2 rings (SSSR count). The normalized spacial score (nSPS) is 15.1. The summed E-state index contributed by atoms with van der Waals surface area (Å²) in [6.45, 7) is 4.19. The second-order valence-corrected chi connectivity index (χ2v) is 5.71. The Morgan fingerprint density at radius 2 is 2.22 bits per heavy atom. The molecule has 0 amide bonds. The lowest BCUT2D eigenvalue weighted by Crippen LogP contribution is -2.28. The van der Waals surface area contributed by atoms with Crippen LogP contribution in [0.25, 0.3) is 0 Å². The van der Waals surface area contributed by atoms with Gasteiger partial charge in [-0.2, -0.15) is 0 Å². The van der Waals surface area contributed by atoms with Gasteiger partial charge in [0.25, 0.3) is 0 Å². The van der Waals surface area contributed by atoms with E-state index >= 15 is 0 Å². The Balaban J connectivity index is 2.23. The summed E-state index contributed by atoms with van der Waals surface area (Å²) >= 11 is 1.24. The average Bonchev–Trinajstić information content (AvgIpc) is 3.05. The summed E-state index contributed by atoms with van der Waals surface area (Å²) in [5.74, 6) is 0.0282. The first kappa shape index (κ1) is 13.2. The zero-order chi connectivity index (χ0) is 13.3. The van der Waals surface area contributed by atoms with Crippen LogP contribution in [0, 0.1) is 0 Å². The standard InChI is InChI=1S/C11H18N4O2S/c1-7(2)14(3)10-12-13-11(18-6-9(16)17)15(10)8-4-5-8/h7-8H,4-6H2,1-3H3,(H,16,17). The molecule has 0 aromatic carbocycles. The fraction of sp³-hybridized carbons (Fsp3) is 0.727. The summed E-state index contributed by atoms with van der Waals surface area (Å²) in [7, 11) is 1.99. The van der Waals surface area contributed by atoms with Crippen LogP contribution in [0.4, 0.5) is 5.95 Å². The van der Waals surface area contributed by atoms with Crippen molar-refractivity contribution in [2.75, 3.05) is 17.7 Å². The molecule has 0 atom stereocenters. The predicted molar refractivity (Wildman–Crippen MR) is 70.2 cm³/mol. The van der Waals surface area contributed by atoms with Crippen LogP contribution in [0.1, 0.15) is 32.7 Å². The number of anilines is 1. The first-order chi connectivity index (χ1) is 8.50. The largest absolute Gasteiger partial charge is 0.481 e. The molecule has 0 saturated heterocycles. The quantitative estimate of drug-likeness (QED) is 0.792. The lowest BCUT2D eigenvalue weighted by atomic mass is 10.4. The van der Waals surface area contributed by atoms with E-state index in [0.29, 0.717) is 17.2 Å². The van der Waals surface area contributed by atoms with E-state index < -0.39 is 5.97 Å². The summed E-state index contributed by atoms with van der Waals surface area (Å²) in [5.41, 5.74) is 0. The number of aliphatic carboxylic acids is 1. The number of thioether (sulfide) groups is 1. The molecular weight excluding hydrogens is 252 g/mol. The van der Waals surface area contributed by atoms with Gasteiger partial charge in [-0.1, -0.05) is 11.8 Å². The van der Waals surface area contributed by atoms with E-state index in [2.05, 4.69) is 33.5 Å². The molecule has 0 bridgehead atoms. The second kappa shape index (κ2) is 5.17. The highest BCUT2D eigenvalue weighted by molar-refractivity contribution is 7.99. The molecule has 1 aliphatic carbocycles. The molecule has 1 N–H and O–H groups in total. The Morgan fingerprint density at radius 1 is 1.56 bits per heavy atom. The minimum Gasteiger partial charge on any atom is -0.481 e. The van der Waals surface area contributed by atoms with Gasteiger partial charge in [0.1, 0.15) is 0 Å². The van der Waals surface area contributed by atoms with Crippen LogP contribution in [0.3, 0.4) is 0 Å². The number of hydrogen-bond donors (Lipinski definition) is 1. The maximum absolute atomic E-state index is 10.6.